The molecule has 0 atom stereocenters. The molecule has 24 heavy (non-hydrogen) atoms. The minimum absolute atomic E-state index is 0.439. The van der Waals surface area contributed by atoms with Crippen molar-refractivity contribution in [2.75, 3.05) is 30.4 Å². The van der Waals surface area contributed by atoms with Crippen molar-refractivity contribution in [1.82, 2.24) is 4.98 Å². The van der Waals surface area contributed by atoms with E-state index in [1.54, 1.807) is 7.11 Å². The quantitative estimate of drug-likeness (QED) is 0.935. The second-order valence-electron chi connectivity index (χ2n) is 6.08. The van der Waals surface area contributed by atoms with Crippen molar-refractivity contribution < 1.29 is 4.74 Å². The molecule has 1 aliphatic rings. The van der Waals surface area contributed by atoms with Gasteiger partial charge in [0.15, 0.2) is 0 Å². The Morgan fingerprint density at radius 2 is 2.04 bits per heavy atom. The molecule has 1 aliphatic heterocycles. The Morgan fingerprint density at radius 1 is 1.25 bits per heavy atom. The molecule has 0 bridgehead atoms. The minimum atomic E-state index is 0.439. The molecular formula is C19H22N4O. The van der Waals surface area contributed by atoms with Crippen LogP contribution in [0.2, 0.25) is 0 Å². The lowest BCUT2D eigenvalue weighted by atomic mass is 10.0. The van der Waals surface area contributed by atoms with Gasteiger partial charge in [-0.1, -0.05) is 12.1 Å². The number of hydrogen-bond acceptors (Lipinski definition) is 5. The number of pyridine rings is 1. The second-order valence-corrected chi connectivity index (χ2v) is 6.08. The summed E-state index contributed by atoms with van der Waals surface area (Å²) in [7, 11) is 1.68. The number of nitriles is 1. The molecule has 0 aliphatic carbocycles. The van der Waals surface area contributed by atoms with E-state index in [0.29, 0.717) is 11.7 Å². The van der Waals surface area contributed by atoms with Crippen molar-refractivity contribution >= 4 is 11.5 Å². The van der Waals surface area contributed by atoms with Gasteiger partial charge < -0.3 is 15.0 Å². The Kier molecular flexibility index (Phi) is 4.85. The van der Waals surface area contributed by atoms with E-state index in [0.717, 1.165) is 48.7 Å². The number of nitrogens with one attached hydrogen (secondary N) is 1. The highest BCUT2D eigenvalue weighted by molar-refractivity contribution is 5.50. The number of aryl methyl sites for hydroxylation is 1. The Hall–Kier alpha value is -2.74. The van der Waals surface area contributed by atoms with Crippen molar-refractivity contribution in [3.63, 3.8) is 0 Å². The Balaban J connectivity index is 1.60. The van der Waals surface area contributed by atoms with Crippen molar-refractivity contribution in [1.29, 1.82) is 5.26 Å². The molecule has 3 rings (SSSR count). The van der Waals surface area contributed by atoms with Gasteiger partial charge in [-0.15, -0.1) is 0 Å². The van der Waals surface area contributed by atoms with Crippen molar-refractivity contribution in [2.45, 2.75) is 25.8 Å². The second kappa shape index (κ2) is 7.22. The first-order chi connectivity index (χ1) is 11.7. The fourth-order valence-corrected chi connectivity index (χ4v) is 3.01. The van der Waals surface area contributed by atoms with Gasteiger partial charge >= 0.3 is 0 Å². The van der Waals surface area contributed by atoms with Crippen LogP contribution in [0.4, 0.5) is 11.5 Å². The fourth-order valence-electron chi connectivity index (χ4n) is 3.01. The predicted octanol–water partition coefficient (Wildman–Crippen LogP) is 3.35. The average Bonchev–Trinajstić information content (AvgIpc) is 2.63. The van der Waals surface area contributed by atoms with Gasteiger partial charge in [-0.25, -0.2) is 4.98 Å². The molecule has 124 valence electrons. The van der Waals surface area contributed by atoms with Gasteiger partial charge in [-0.05, 0) is 43.5 Å². The van der Waals surface area contributed by atoms with Gasteiger partial charge in [-0.3, -0.25) is 0 Å². The van der Waals surface area contributed by atoms with Crippen molar-refractivity contribution in [2.24, 2.45) is 0 Å². The number of methoxy groups -OCH3 is 1. The predicted molar refractivity (Wildman–Crippen MR) is 95.5 cm³/mol. The van der Waals surface area contributed by atoms with E-state index in [1.165, 1.54) is 0 Å². The minimum Gasteiger partial charge on any atom is -0.497 e. The summed E-state index contributed by atoms with van der Waals surface area (Å²) in [4.78, 5) is 6.73. The molecular weight excluding hydrogens is 300 g/mol. The first kappa shape index (κ1) is 16.1. The maximum atomic E-state index is 9.14. The van der Waals surface area contributed by atoms with Gasteiger partial charge in [0.25, 0.3) is 0 Å². The zero-order valence-electron chi connectivity index (χ0n) is 14.1. The van der Waals surface area contributed by atoms with Crippen LogP contribution in [-0.4, -0.2) is 31.2 Å². The van der Waals surface area contributed by atoms with Crippen LogP contribution in [0, 0.1) is 18.3 Å². The lowest BCUT2D eigenvalue weighted by molar-refractivity contribution is 0.415. The maximum absolute atomic E-state index is 9.14. The summed E-state index contributed by atoms with van der Waals surface area (Å²) in [6.07, 6.45) is 2.07. The summed E-state index contributed by atoms with van der Waals surface area (Å²) in [5.41, 5.74) is 2.54. The molecule has 1 aromatic carbocycles. The van der Waals surface area contributed by atoms with Gasteiger partial charge in [0.05, 0.1) is 7.11 Å². The van der Waals surface area contributed by atoms with Crippen molar-refractivity contribution in [3.05, 3.63) is 47.7 Å². The average molecular weight is 322 g/mol. The molecule has 1 saturated heterocycles. The number of anilines is 2. The number of aromatic nitrogens is 1. The zero-order valence-corrected chi connectivity index (χ0v) is 14.1. The lowest BCUT2D eigenvalue weighted by Gasteiger charge is -2.33. The topological polar surface area (TPSA) is 61.2 Å². The summed E-state index contributed by atoms with van der Waals surface area (Å²) >= 11 is 0. The van der Waals surface area contributed by atoms with Crippen LogP contribution in [0.5, 0.6) is 5.75 Å². The number of rotatable bonds is 4. The monoisotopic (exact) mass is 322 g/mol. The van der Waals surface area contributed by atoms with E-state index in [9.17, 15) is 0 Å². The molecule has 2 aromatic rings. The van der Waals surface area contributed by atoms with Crippen LogP contribution in [-0.2, 0) is 0 Å². The van der Waals surface area contributed by atoms with Gasteiger partial charge in [0, 0.05) is 30.9 Å². The third kappa shape index (κ3) is 3.60. The Labute approximate surface area is 142 Å². The summed E-state index contributed by atoms with van der Waals surface area (Å²) in [5, 5.41) is 12.7. The van der Waals surface area contributed by atoms with E-state index in [4.69, 9.17) is 10.00 Å². The number of nitrogens with zero attached hydrogens (tertiary/aromatic N) is 3. The first-order valence-electron chi connectivity index (χ1n) is 8.23. The van der Waals surface area contributed by atoms with Gasteiger partial charge in [-0.2, -0.15) is 5.26 Å². The molecule has 1 N–H and O–H groups in total. The molecule has 2 heterocycles. The molecule has 0 saturated carbocycles. The van der Waals surface area contributed by atoms with E-state index in [2.05, 4.69) is 27.3 Å². The summed E-state index contributed by atoms with van der Waals surface area (Å²) < 4.78 is 5.27. The highest BCUT2D eigenvalue weighted by atomic mass is 16.5. The molecule has 1 aromatic heterocycles. The van der Waals surface area contributed by atoms with Crippen LogP contribution in [0.15, 0.2) is 36.4 Å². The Bertz CT molecular complexity index is 745. The maximum Gasteiger partial charge on any atom is 0.145 e. The summed E-state index contributed by atoms with van der Waals surface area (Å²) in [5.74, 6) is 1.77. The third-order valence-corrected chi connectivity index (χ3v) is 4.45. The van der Waals surface area contributed by atoms with E-state index >= 15 is 0 Å². The number of hydrogen-bond donors (Lipinski definition) is 1. The number of ether oxygens (including phenoxy) is 1. The van der Waals surface area contributed by atoms with Gasteiger partial charge in [0.1, 0.15) is 23.3 Å². The Morgan fingerprint density at radius 3 is 2.75 bits per heavy atom. The van der Waals surface area contributed by atoms with Gasteiger partial charge in [0.2, 0.25) is 0 Å². The van der Waals surface area contributed by atoms with E-state index in [-0.39, 0.29) is 0 Å². The standard InChI is InChI=1S/C19H22N4O/c1-14-6-7-19(22-18(14)13-20)23-10-8-15(9-11-23)21-16-4-3-5-17(12-16)24-2/h3-7,12,15,21H,8-11H2,1-2H3. The zero-order chi connectivity index (χ0) is 16.9. The van der Waals surface area contributed by atoms with E-state index in [1.807, 2.05) is 37.3 Å². The third-order valence-electron chi connectivity index (χ3n) is 4.45. The highest BCUT2D eigenvalue weighted by Gasteiger charge is 2.20. The first-order valence-corrected chi connectivity index (χ1v) is 8.23. The van der Waals surface area contributed by atoms with E-state index < -0.39 is 0 Å². The summed E-state index contributed by atoms with van der Waals surface area (Å²) in [6, 6.07) is 14.6. The SMILES string of the molecule is COc1cccc(NC2CCN(c3ccc(C)c(C#N)n3)CC2)c1. The van der Waals surface area contributed by atoms with Crippen LogP contribution < -0.4 is 15.0 Å². The molecule has 0 spiro atoms. The summed E-state index contributed by atoms with van der Waals surface area (Å²) in [6.45, 7) is 3.78. The lowest BCUT2D eigenvalue weighted by Crippen LogP contribution is -2.39. The van der Waals surface area contributed by atoms with Crippen LogP contribution in [0.1, 0.15) is 24.1 Å². The van der Waals surface area contributed by atoms with Crippen molar-refractivity contribution in [3.8, 4) is 11.8 Å². The largest absolute Gasteiger partial charge is 0.497 e. The normalized spacial score (nSPS) is 15.0. The highest BCUT2D eigenvalue weighted by Crippen LogP contribution is 2.23. The molecule has 5 nitrogen and oxygen atoms in total. The van der Waals surface area contributed by atoms with Crippen LogP contribution in [0.25, 0.3) is 0 Å². The van der Waals surface area contributed by atoms with Crippen LogP contribution >= 0.6 is 0 Å². The number of piperidine rings is 1. The smallest absolute Gasteiger partial charge is 0.145 e. The van der Waals surface area contributed by atoms with Crippen LogP contribution in [0.3, 0.4) is 0 Å². The fraction of sp³-hybridized carbons (Fsp3) is 0.368. The molecule has 0 amide bonds. The molecule has 0 unspecified atom stereocenters. The molecule has 1 fully saturated rings. The number of benzene rings is 1. The molecule has 5 heteroatoms. The molecule has 0 radical (unpaired) electrons.